The van der Waals surface area contributed by atoms with E-state index >= 15 is 0 Å². The van der Waals surface area contributed by atoms with E-state index in [1.54, 1.807) is 12.1 Å². The third-order valence-corrected chi connectivity index (χ3v) is 3.90. The molecule has 5 nitrogen and oxygen atoms in total. The molecule has 0 saturated carbocycles. The van der Waals surface area contributed by atoms with E-state index in [0.29, 0.717) is 17.3 Å². The molecule has 0 amide bonds. The predicted molar refractivity (Wildman–Crippen MR) is 80.7 cm³/mol. The van der Waals surface area contributed by atoms with Gasteiger partial charge in [0.1, 0.15) is 5.82 Å². The van der Waals surface area contributed by atoms with Gasteiger partial charge in [0.2, 0.25) is 10.0 Å². The lowest BCUT2D eigenvalue weighted by molar-refractivity contribution is 0.607. The van der Waals surface area contributed by atoms with Gasteiger partial charge in [-0.2, -0.15) is 0 Å². The lowest BCUT2D eigenvalue weighted by Crippen LogP contribution is -2.10. The average Bonchev–Trinajstić information content (AvgIpc) is 2.62. The Morgan fingerprint density at radius 3 is 2.55 bits per heavy atom. The number of imidazole rings is 1. The maximum Gasteiger partial charge on any atom is 0.229 e. The smallest absolute Gasteiger partial charge is 0.229 e. The lowest BCUT2D eigenvalue weighted by Gasteiger charge is -2.11. The first-order valence-corrected chi connectivity index (χ1v) is 8.28. The number of anilines is 1. The third-order valence-electron chi connectivity index (χ3n) is 2.94. The van der Waals surface area contributed by atoms with E-state index in [2.05, 4.69) is 9.71 Å². The van der Waals surface area contributed by atoms with Crippen LogP contribution < -0.4 is 4.72 Å². The fourth-order valence-electron chi connectivity index (χ4n) is 1.94. The summed E-state index contributed by atoms with van der Waals surface area (Å²) in [6.07, 6.45) is 2.91. The van der Waals surface area contributed by atoms with Crippen LogP contribution >= 0.6 is 11.6 Å². The largest absolute Gasteiger partial charge is 0.328 e. The van der Waals surface area contributed by atoms with Crippen LogP contribution in [0.1, 0.15) is 17.1 Å². The highest BCUT2D eigenvalue weighted by Gasteiger charge is 2.09. The molecule has 0 aliphatic rings. The summed E-state index contributed by atoms with van der Waals surface area (Å²) in [5, 5.41) is 0.520. The number of halogens is 1. The first kappa shape index (κ1) is 14.9. The zero-order valence-electron chi connectivity index (χ0n) is 11.5. The Hall–Kier alpha value is -1.53. The van der Waals surface area contributed by atoms with Crippen LogP contribution in [-0.4, -0.2) is 24.2 Å². The second-order valence-corrected chi connectivity index (χ2v) is 6.87. The standard InChI is InChI=1S/C13H16ClN3O2S/c1-9-7-15-10(2)17(9)8-11-4-5-12(6-13(11)14)16-20(3,18)19/h4-7,16H,8H2,1-3H3. The Morgan fingerprint density at radius 2 is 2.05 bits per heavy atom. The van der Waals surface area contributed by atoms with Crippen molar-refractivity contribution in [1.29, 1.82) is 0 Å². The molecule has 1 N–H and O–H groups in total. The van der Waals surface area contributed by atoms with Gasteiger partial charge in [-0.1, -0.05) is 17.7 Å². The van der Waals surface area contributed by atoms with E-state index in [0.717, 1.165) is 23.3 Å². The molecule has 0 spiro atoms. The first-order chi connectivity index (χ1) is 9.26. The highest BCUT2D eigenvalue weighted by Crippen LogP contribution is 2.23. The summed E-state index contributed by atoms with van der Waals surface area (Å²) in [6.45, 7) is 4.52. The van der Waals surface area contributed by atoms with Gasteiger partial charge in [-0.25, -0.2) is 13.4 Å². The van der Waals surface area contributed by atoms with Gasteiger partial charge in [-0.3, -0.25) is 4.72 Å². The molecule has 0 fully saturated rings. The molecule has 0 unspecified atom stereocenters. The summed E-state index contributed by atoms with van der Waals surface area (Å²) in [5.41, 5.74) is 2.42. The van der Waals surface area contributed by atoms with Gasteiger partial charge in [0.05, 0.1) is 12.8 Å². The molecule has 20 heavy (non-hydrogen) atoms. The topological polar surface area (TPSA) is 64.0 Å². The summed E-state index contributed by atoms with van der Waals surface area (Å²) < 4.78 is 26.8. The van der Waals surface area contributed by atoms with Gasteiger partial charge in [-0.05, 0) is 31.5 Å². The van der Waals surface area contributed by atoms with Gasteiger partial charge < -0.3 is 4.57 Å². The number of nitrogens with zero attached hydrogens (tertiary/aromatic N) is 2. The van der Waals surface area contributed by atoms with Crippen LogP contribution in [0.4, 0.5) is 5.69 Å². The maximum absolute atomic E-state index is 11.2. The molecule has 1 aromatic heterocycles. The van der Waals surface area contributed by atoms with Crippen LogP contribution in [0.15, 0.2) is 24.4 Å². The number of hydrogen-bond donors (Lipinski definition) is 1. The Balaban J connectivity index is 2.27. The minimum atomic E-state index is -3.29. The van der Waals surface area contributed by atoms with E-state index < -0.39 is 10.0 Å². The molecule has 0 aliphatic carbocycles. The minimum absolute atomic E-state index is 0.459. The number of rotatable bonds is 4. The number of aryl methyl sites for hydroxylation is 2. The Bertz CT molecular complexity index is 719. The molecular weight excluding hydrogens is 298 g/mol. The zero-order valence-corrected chi connectivity index (χ0v) is 13.1. The number of benzene rings is 1. The second-order valence-electron chi connectivity index (χ2n) is 4.71. The predicted octanol–water partition coefficient (Wildman–Crippen LogP) is 2.57. The van der Waals surface area contributed by atoms with Crippen LogP contribution in [0.3, 0.4) is 0 Å². The van der Waals surface area contributed by atoms with Crippen LogP contribution in [0.2, 0.25) is 5.02 Å². The van der Waals surface area contributed by atoms with Crippen molar-refractivity contribution < 1.29 is 8.42 Å². The quantitative estimate of drug-likeness (QED) is 0.943. The molecule has 1 aromatic carbocycles. The maximum atomic E-state index is 11.2. The van der Waals surface area contributed by atoms with E-state index in [1.807, 2.05) is 30.7 Å². The van der Waals surface area contributed by atoms with Gasteiger partial charge in [0.25, 0.3) is 0 Å². The fourth-order valence-corrected chi connectivity index (χ4v) is 2.74. The minimum Gasteiger partial charge on any atom is -0.328 e. The van der Waals surface area contributed by atoms with Gasteiger partial charge in [0.15, 0.2) is 0 Å². The number of nitrogens with one attached hydrogen (secondary N) is 1. The van der Waals surface area contributed by atoms with Gasteiger partial charge >= 0.3 is 0 Å². The molecule has 7 heteroatoms. The third kappa shape index (κ3) is 3.52. The summed E-state index contributed by atoms with van der Waals surface area (Å²) in [6, 6.07) is 5.12. The Kier molecular flexibility index (Phi) is 4.06. The molecule has 108 valence electrons. The van der Waals surface area contributed by atoms with E-state index in [1.165, 1.54) is 0 Å². The van der Waals surface area contributed by atoms with Crippen molar-refractivity contribution in [3.63, 3.8) is 0 Å². The van der Waals surface area contributed by atoms with Crippen molar-refractivity contribution >= 4 is 27.3 Å². The van der Waals surface area contributed by atoms with E-state index in [4.69, 9.17) is 11.6 Å². The van der Waals surface area contributed by atoms with Crippen molar-refractivity contribution in [2.75, 3.05) is 11.0 Å². The van der Waals surface area contributed by atoms with Crippen molar-refractivity contribution in [2.24, 2.45) is 0 Å². The Morgan fingerprint density at radius 1 is 1.35 bits per heavy atom. The fraction of sp³-hybridized carbons (Fsp3) is 0.308. The highest BCUT2D eigenvalue weighted by atomic mass is 35.5. The normalized spacial score (nSPS) is 11.6. The van der Waals surface area contributed by atoms with Crippen LogP contribution in [0, 0.1) is 13.8 Å². The molecule has 0 radical (unpaired) electrons. The monoisotopic (exact) mass is 313 g/mol. The first-order valence-electron chi connectivity index (χ1n) is 6.01. The molecule has 0 bridgehead atoms. The Labute approximate surface area is 123 Å². The summed E-state index contributed by atoms with van der Waals surface area (Å²) >= 11 is 6.21. The van der Waals surface area contributed by atoms with Crippen molar-refractivity contribution in [2.45, 2.75) is 20.4 Å². The second kappa shape index (κ2) is 5.46. The van der Waals surface area contributed by atoms with Crippen LogP contribution in [0.5, 0.6) is 0 Å². The van der Waals surface area contributed by atoms with Gasteiger partial charge in [-0.15, -0.1) is 0 Å². The number of hydrogen-bond acceptors (Lipinski definition) is 3. The van der Waals surface area contributed by atoms with Crippen molar-refractivity contribution in [3.8, 4) is 0 Å². The van der Waals surface area contributed by atoms with Crippen LogP contribution in [-0.2, 0) is 16.6 Å². The summed E-state index contributed by atoms with van der Waals surface area (Å²) in [7, 11) is -3.29. The molecule has 0 aliphatic heterocycles. The average molecular weight is 314 g/mol. The van der Waals surface area contributed by atoms with E-state index in [9.17, 15) is 8.42 Å². The van der Waals surface area contributed by atoms with Gasteiger partial charge in [0, 0.05) is 22.6 Å². The van der Waals surface area contributed by atoms with Crippen molar-refractivity contribution in [3.05, 3.63) is 46.5 Å². The summed E-state index contributed by atoms with van der Waals surface area (Å²) in [5.74, 6) is 0.914. The van der Waals surface area contributed by atoms with Crippen molar-refractivity contribution in [1.82, 2.24) is 9.55 Å². The molecule has 1 heterocycles. The molecule has 2 aromatic rings. The number of sulfonamides is 1. The highest BCUT2D eigenvalue weighted by molar-refractivity contribution is 7.92. The molecule has 0 atom stereocenters. The zero-order chi connectivity index (χ0) is 14.9. The number of aromatic nitrogens is 2. The SMILES string of the molecule is Cc1cnc(C)n1Cc1ccc(NS(C)(=O)=O)cc1Cl. The lowest BCUT2D eigenvalue weighted by atomic mass is 10.2. The summed E-state index contributed by atoms with van der Waals surface area (Å²) in [4.78, 5) is 4.24. The van der Waals surface area contributed by atoms with E-state index in [-0.39, 0.29) is 0 Å². The molecule has 0 saturated heterocycles. The molecule has 2 rings (SSSR count). The van der Waals surface area contributed by atoms with Crippen LogP contribution in [0.25, 0.3) is 0 Å². The molecular formula is C13H16ClN3O2S.